The third-order valence-electron chi connectivity index (χ3n) is 4.43. The summed E-state index contributed by atoms with van der Waals surface area (Å²) in [5.41, 5.74) is -0.601. The van der Waals surface area contributed by atoms with E-state index in [1.54, 1.807) is 0 Å². The van der Waals surface area contributed by atoms with Crippen LogP contribution in [0.25, 0.3) is 11.1 Å². The second kappa shape index (κ2) is 8.92. The van der Waals surface area contributed by atoms with E-state index in [4.69, 9.17) is 14.2 Å². The van der Waals surface area contributed by atoms with Crippen molar-refractivity contribution in [1.82, 2.24) is 0 Å². The number of benzene rings is 2. The second-order valence-electron chi connectivity index (χ2n) is 6.93. The molecule has 3 rings (SSSR count). The first-order chi connectivity index (χ1) is 13.4. The van der Waals surface area contributed by atoms with E-state index in [1.807, 2.05) is 13.8 Å². The van der Waals surface area contributed by atoms with Gasteiger partial charge in [0.1, 0.15) is 11.6 Å². The van der Waals surface area contributed by atoms with Crippen LogP contribution in [-0.2, 0) is 9.47 Å². The van der Waals surface area contributed by atoms with E-state index >= 15 is 0 Å². The molecule has 2 aromatic carbocycles. The van der Waals surface area contributed by atoms with Gasteiger partial charge in [0.2, 0.25) is 0 Å². The zero-order chi connectivity index (χ0) is 20.3. The van der Waals surface area contributed by atoms with Gasteiger partial charge in [-0.05, 0) is 36.2 Å². The molecule has 1 heterocycles. The molecule has 1 aliphatic rings. The quantitative estimate of drug-likeness (QED) is 0.457. The van der Waals surface area contributed by atoms with Crippen LogP contribution in [0.3, 0.4) is 0 Å². The van der Waals surface area contributed by atoms with Gasteiger partial charge in [0.15, 0.2) is 23.7 Å². The SMILES string of the molecule is CCCCOc1c(F)cc(-c2c(F)cc([C@H]3OC[C@H](C)CO3)cc2F)cc1F. The van der Waals surface area contributed by atoms with Crippen LogP contribution < -0.4 is 4.74 Å². The molecule has 0 saturated carbocycles. The molecular formula is C21H22F4O3. The van der Waals surface area contributed by atoms with Gasteiger partial charge in [-0.1, -0.05) is 20.3 Å². The standard InChI is InChI=1S/C21H22F4O3/c1-3-4-5-26-20-17(24)6-13(7-18(20)25)19-15(22)8-14(9-16(19)23)21-27-10-12(2)11-28-21/h6-9,12,21H,3-5,10-11H2,1-2H3/t12-,21-. The molecule has 2 aromatic rings. The lowest BCUT2D eigenvalue weighted by Gasteiger charge is -2.27. The van der Waals surface area contributed by atoms with Crippen molar-refractivity contribution in [3.05, 3.63) is 53.1 Å². The van der Waals surface area contributed by atoms with Crippen LogP contribution in [0.1, 0.15) is 38.5 Å². The van der Waals surface area contributed by atoms with Crippen molar-refractivity contribution in [2.24, 2.45) is 5.92 Å². The van der Waals surface area contributed by atoms with Crippen LogP contribution in [-0.4, -0.2) is 19.8 Å². The summed E-state index contributed by atoms with van der Waals surface area (Å²) in [5, 5.41) is 0. The first-order valence-electron chi connectivity index (χ1n) is 9.25. The minimum absolute atomic E-state index is 0.154. The Labute approximate surface area is 161 Å². The highest BCUT2D eigenvalue weighted by Gasteiger charge is 2.25. The van der Waals surface area contributed by atoms with E-state index in [0.717, 1.165) is 30.7 Å². The lowest BCUT2D eigenvalue weighted by atomic mass is 10.0. The van der Waals surface area contributed by atoms with Crippen molar-refractivity contribution >= 4 is 0 Å². The van der Waals surface area contributed by atoms with Crippen molar-refractivity contribution in [2.45, 2.75) is 33.0 Å². The molecular weight excluding hydrogens is 376 g/mol. The summed E-state index contributed by atoms with van der Waals surface area (Å²) >= 11 is 0. The van der Waals surface area contributed by atoms with Crippen molar-refractivity contribution < 1.29 is 31.8 Å². The molecule has 0 unspecified atom stereocenters. The monoisotopic (exact) mass is 398 g/mol. The number of halogens is 4. The smallest absolute Gasteiger partial charge is 0.190 e. The van der Waals surface area contributed by atoms with Crippen molar-refractivity contribution in [3.63, 3.8) is 0 Å². The van der Waals surface area contributed by atoms with Gasteiger partial charge in [0.25, 0.3) is 0 Å². The van der Waals surface area contributed by atoms with Crippen LogP contribution in [0.4, 0.5) is 17.6 Å². The fourth-order valence-corrected chi connectivity index (χ4v) is 2.96. The van der Waals surface area contributed by atoms with Crippen molar-refractivity contribution in [3.8, 4) is 16.9 Å². The lowest BCUT2D eigenvalue weighted by Crippen LogP contribution is -2.25. The summed E-state index contributed by atoms with van der Waals surface area (Å²) in [5.74, 6) is -4.30. The second-order valence-corrected chi connectivity index (χ2v) is 6.93. The number of hydrogen-bond donors (Lipinski definition) is 0. The Hall–Kier alpha value is -2.12. The van der Waals surface area contributed by atoms with Gasteiger partial charge < -0.3 is 14.2 Å². The molecule has 1 saturated heterocycles. The number of hydrogen-bond acceptors (Lipinski definition) is 3. The van der Waals surface area contributed by atoms with Crippen molar-refractivity contribution in [1.29, 1.82) is 0 Å². The molecule has 1 fully saturated rings. The molecule has 152 valence electrons. The maximum absolute atomic E-state index is 14.6. The predicted molar refractivity (Wildman–Crippen MR) is 95.9 cm³/mol. The van der Waals surface area contributed by atoms with Crippen LogP contribution in [0.2, 0.25) is 0 Å². The third-order valence-corrected chi connectivity index (χ3v) is 4.43. The molecule has 0 aromatic heterocycles. The van der Waals surface area contributed by atoms with Gasteiger partial charge in [-0.15, -0.1) is 0 Å². The van der Waals surface area contributed by atoms with Gasteiger partial charge in [-0.3, -0.25) is 0 Å². The highest BCUT2D eigenvalue weighted by atomic mass is 19.1. The van der Waals surface area contributed by atoms with Crippen molar-refractivity contribution in [2.75, 3.05) is 19.8 Å². The number of ether oxygens (including phenoxy) is 3. The Morgan fingerprint density at radius 2 is 1.50 bits per heavy atom. The highest BCUT2D eigenvalue weighted by Crippen LogP contribution is 2.35. The van der Waals surface area contributed by atoms with Crippen LogP contribution in [0, 0.1) is 29.2 Å². The van der Waals surface area contributed by atoms with E-state index in [-0.39, 0.29) is 23.7 Å². The van der Waals surface area contributed by atoms with Gasteiger partial charge in [-0.2, -0.15) is 0 Å². The predicted octanol–water partition coefficient (Wildman–Crippen LogP) is 5.77. The van der Waals surface area contributed by atoms with E-state index in [9.17, 15) is 17.6 Å². The molecule has 0 N–H and O–H groups in total. The molecule has 0 amide bonds. The fraction of sp³-hybridized carbons (Fsp3) is 0.429. The Bertz CT molecular complexity index is 786. The number of rotatable bonds is 6. The largest absolute Gasteiger partial charge is 0.488 e. The van der Waals surface area contributed by atoms with Gasteiger partial charge in [-0.25, -0.2) is 17.6 Å². The average Bonchev–Trinajstić information content (AvgIpc) is 2.64. The summed E-state index contributed by atoms with van der Waals surface area (Å²) in [6.07, 6.45) is 0.560. The van der Waals surface area contributed by atoms with Gasteiger partial charge >= 0.3 is 0 Å². The zero-order valence-electron chi connectivity index (χ0n) is 15.7. The zero-order valence-corrected chi connectivity index (χ0v) is 15.7. The summed E-state index contributed by atoms with van der Waals surface area (Å²) < 4.78 is 73.7. The maximum atomic E-state index is 14.6. The van der Waals surface area contributed by atoms with E-state index in [2.05, 4.69) is 0 Å². The Kier molecular flexibility index (Phi) is 6.57. The molecule has 7 heteroatoms. The molecule has 0 spiro atoms. The molecule has 1 aliphatic heterocycles. The van der Waals surface area contributed by atoms with E-state index in [0.29, 0.717) is 19.6 Å². The molecule has 0 bridgehead atoms. The molecule has 28 heavy (non-hydrogen) atoms. The normalized spacial score (nSPS) is 19.6. The number of unbranched alkanes of at least 4 members (excludes halogenated alkanes) is 1. The minimum Gasteiger partial charge on any atom is -0.488 e. The van der Waals surface area contributed by atoms with Gasteiger partial charge in [0, 0.05) is 11.5 Å². The summed E-state index contributed by atoms with van der Waals surface area (Å²) in [6.45, 7) is 4.82. The third kappa shape index (κ3) is 4.47. The lowest BCUT2D eigenvalue weighted by molar-refractivity contribution is -0.202. The summed E-state index contributed by atoms with van der Waals surface area (Å²) in [4.78, 5) is 0. The Morgan fingerprint density at radius 3 is 2.04 bits per heavy atom. The topological polar surface area (TPSA) is 27.7 Å². The van der Waals surface area contributed by atoms with E-state index < -0.39 is 40.9 Å². The first-order valence-corrected chi connectivity index (χ1v) is 9.25. The average molecular weight is 398 g/mol. The Balaban J connectivity index is 1.89. The Morgan fingerprint density at radius 1 is 0.929 bits per heavy atom. The van der Waals surface area contributed by atoms with Crippen LogP contribution in [0.5, 0.6) is 5.75 Å². The molecule has 0 aliphatic carbocycles. The van der Waals surface area contributed by atoms with E-state index in [1.165, 1.54) is 0 Å². The molecule has 3 nitrogen and oxygen atoms in total. The fourth-order valence-electron chi connectivity index (χ4n) is 2.96. The first kappa shape index (κ1) is 20.6. The molecule has 0 atom stereocenters. The summed E-state index contributed by atoms with van der Waals surface area (Å²) in [7, 11) is 0. The maximum Gasteiger partial charge on any atom is 0.190 e. The molecule has 0 radical (unpaired) electrons. The minimum atomic E-state index is -1.01. The van der Waals surface area contributed by atoms with Crippen LogP contribution in [0.15, 0.2) is 24.3 Å². The summed E-state index contributed by atoms with van der Waals surface area (Å²) in [6, 6.07) is 3.84. The highest BCUT2D eigenvalue weighted by molar-refractivity contribution is 5.66. The van der Waals surface area contributed by atoms with Crippen LogP contribution >= 0.6 is 0 Å². The van der Waals surface area contributed by atoms with Gasteiger partial charge in [0.05, 0.1) is 25.4 Å².